The minimum absolute atomic E-state index is 0.0448. The molecule has 3 aromatic heterocycles. The van der Waals surface area contributed by atoms with Crippen molar-refractivity contribution in [1.82, 2.24) is 39.8 Å². The van der Waals surface area contributed by atoms with Crippen molar-refractivity contribution in [2.24, 2.45) is 0 Å². The van der Waals surface area contributed by atoms with Gasteiger partial charge in [-0.3, -0.25) is 0 Å². The van der Waals surface area contributed by atoms with Crippen LogP contribution in [0.5, 0.6) is 0 Å². The average Bonchev–Trinajstić information content (AvgIpc) is 3.35. The Morgan fingerprint density at radius 3 is 2.61 bits per heavy atom. The maximum absolute atomic E-state index is 4.81. The van der Waals surface area contributed by atoms with Gasteiger partial charge in [0.2, 0.25) is 0 Å². The third-order valence-electron chi connectivity index (χ3n) is 4.40. The number of hydrogen-bond acceptors (Lipinski definition) is 7. The first-order valence-electron chi connectivity index (χ1n) is 8.83. The number of tetrazole rings is 1. The number of fused-ring (bicyclic) bond motifs is 3. The predicted octanol–water partition coefficient (Wildman–Crippen LogP) is 3.41. The molecule has 0 bridgehead atoms. The molecular formula is C19H16N8S. The summed E-state index contributed by atoms with van der Waals surface area (Å²) in [6, 6.07) is 17.8. The first-order chi connectivity index (χ1) is 13.7. The Morgan fingerprint density at radius 2 is 1.75 bits per heavy atom. The fourth-order valence-electron chi connectivity index (χ4n) is 3.12. The summed E-state index contributed by atoms with van der Waals surface area (Å²) in [6.07, 6.45) is 0. The zero-order chi connectivity index (χ0) is 19.1. The summed E-state index contributed by atoms with van der Waals surface area (Å²) in [4.78, 5) is 9.40. The van der Waals surface area contributed by atoms with E-state index in [1.165, 1.54) is 0 Å². The molecule has 28 heavy (non-hydrogen) atoms. The van der Waals surface area contributed by atoms with Gasteiger partial charge in [-0.15, -0.1) is 10.2 Å². The van der Waals surface area contributed by atoms with Crippen molar-refractivity contribution in [3.63, 3.8) is 0 Å². The van der Waals surface area contributed by atoms with Gasteiger partial charge in [-0.1, -0.05) is 42.1 Å². The lowest BCUT2D eigenvalue weighted by molar-refractivity contribution is 0.757. The molecule has 138 valence electrons. The van der Waals surface area contributed by atoms with E-state index in [2.05, 4.69) is 32.5 Å². The Labute approximate surface area is 164 Å². The Morgan fingerprint density at radius 1 is 0.964 bits per heavy atom. The van der Waals surface area contributed by atoms with Crippen molar-refractivity contribution in [3.05, 3.63) is 66.2 Å². The number of aromatic nitrogens is 8. The number of thioether (sulfide) groups is 1. The van der Waals surface area contributed by atoms with Crippen LogP contribution in [0, 0.1) is 6.92 Å². The normalized spacial score (nSPS) is 12.6. The molecule has 2 aromatic carbocycles. The molecule has 5 aromatic rings. The standard InChI is InChI=1S/C19H16N8S/c1-12(17-22-24-25-26(17)14-8-4-3-5-9-14)28-19-21-16-11-7-6-10-15(16)18-20-13(2)23-27(18)19/h3-12H,1-2H3. The Kier molecular flexibility index (Phi) is 4.01. The van der Waals surface area contributed by atoms with E-state index in [0.29, 0.717) is 5.82 Å². The first kappa shape index (κ1) is 16.8. The van der Waals surface area contributed by atoms with Crippen molar-refractivity contribution in [3.8, 4) is 5.69 Å². The van der Waals surface area contributed by atoms with Gasteiger partial charge < -0.3 is 0 Å². The third-order valence-corrected chi connectivity index (χ3v) is 5.43. The summed E-state index contributed by atoms with van der Waals surface area (Å²) >= 11 is 1.55. The van der Waals surface area contributed by atoms with Crippen LogP contribution < -0.4 is 0 Å². The number of benzene rings is 2. The summed E-state index contributed by atoms with van der Waals surface area (Å²) in [5.41, 5.74) is 2.61. The molecule has 0 fully saturated rings. The topological polar surface area (TPSA) is 86.7 Å². The summed E-state index contributed by atoms with van der Waals surface area (Å²) in [7, 11) is 0. The van der Waals surface area contributed by atoms with E-state index in [0.717, 1.165) is 33.2 Å². The summed E-state index contributed by atoms with van der Waals surface area (Å²) < 4.78 is 3.55. The molecule has 0 radical (unpaired) electrons. The van der Waals surface area contributed by atoms with E-state index in [9.17, 15) is 0 Å². The first-order valence-corrected chi connectivity index (χ1v) is 9.71. The molecule has 5 rings (SSSR count). The van der Waals surface area contributed by atoms with Crippen LogP contribution in [-0.2, 0) is 0 Å². The largest absolute Gasteiger partial charge is 0.222 e. The molecule has 9 heteroatoms. The van der Waals surface area contributed by atoms with E-state index in [4.69, 9.17) is 4.98 Å². The van der Waals surface area contributed by atoms with Crippen molar-refractivity contribution < 1.29 is 0 Å². The van der Waals surface area contributed by atoms with E-state index in [1.807, 2.05) is 61.5 Å². The summed E-state index contributed by atoms with van der Waals surface area (Å²) in [6.45, 7) is 3.94. The molecule has 0 saturated heterocycles. The van der Waals surface area contributed by atoms with Crippen LogP contribution in [0.15, 0.2) is 59.8 Å². The number of para-hydroxylation sites is 2. The fourth-order valence-corrected chi connectivity index (χ4v) is 4.07. The maximum atomic E-state index is 4.81. The monoisotopic (exact) mass is 388 g/mol. The van der Waals surface area contributed by atoms with Gasteiger partial charge in [0.1, 0.15) is 5.82 Å². The predicted molar refractivity (Wildman–Crippen MR) is 106 cm³/mol. The highest BCUT2D eigenvalue weighted by Gasteiger charge is 2.21. The highest BCUT2D eigenvalue weighted by molar-refractivity contribution is 7.99. The molecule has 1 atom stereocenters. The second-order valence-electron chi connectivity index (χ2n) is 6.35. The van der Waals surface area contributed by atoms with Crippen LogP contribution in [-0.4, -0.2) is 39.8 Å². The molecule has 0 saturated carbocycles. The molecule has 8 nitrogen and oxygen atoms in total. The molecule has 1 unspecified atom stereocenters. The van der Waals surface area contributed by atoms with Crippen LogP contribution in [0.4, 0.5) is 0 Å². The van der Waals surface area contributed by atoms with Crippen molar-refractivity contribution >= 4 is 28.3 Å². The van der Waals surface area contributed by atoms with Gasteiger partial charge in [0.05, 0.1) is 16.5 Å². The highest BCUT2D eigenvalue weighted by atomic mass is 32.2. The lowest BCUT2D eigenvalue weighted by atomic mass is 10.2. The van der Waals surface area contributed by atoms with Gasteiger partial charge in [-0.05, 0) is 48.5 Å². The number of hydrogen-bond donors (Lipinski definition) is 0. The molecule has 3 heterocycles. The van der Waals surface area contributed by atoms with Crippen LogP contribution >= 0.6 is 11.8 Å². The maximum Gasteiger partial charge on any atom is 0.192 e. The van der Waals surface area contributed by atoms with E-state index < -0.39 is 0 Å². The minimum Gasteiger partial charge on any atom is -0.222 e. The lowest BCUT2D eigenvalue weighted by Crippen LogP contribution is -2.06. The van der Waals surface area contributed by atoms with Crippen LogP contribution in [0.1, 0.15) is 23.8 Å². The van der Waals surface area contributed by atoms with Crippen LogP contribution in [0.25, 0.3) is 22.2 Å². The molecular weight excluding hydrogens is 372 g/mol. The van der Waals surface area contributed by atoms with Crippen molar-refractivity contribution in [2.45, 2.75) is 24.3 Å². The van der Waals surface area contributed by atoms with E-state index in [1.54, 1.807) is 21.0 Å². The molecule has 0 amide bonds. The SMILES string of the molecule is Cc1nc2c3ccccc3nc(SC(C)c3nnnn3-c3ccccc3)n2n1. The van der Waals surface area contributed by atoms with Gasteiger partial charge in [-0.25, -0.2) is 9.97 Å². The second kappa shape index (κ2) is 6.68. The number of rotatable bonds is 4. The smallest absolute Gasteiger partial charge is 0.192 e. The molecule has 0 aliphatic rings. The lowest BCUT2D eigenvalue weighted by Gasteiger charge is -2.12. The molecule has 0 N–H and O–H groups in total. The minimum atomic E-state index is -0.0448. The Balaban J connectivity index is 1.58. The zero-order valence-corrected chi connectivity index (χ0v) is 16.1. The summed E-state index contributed by atoms with van der Waals surface area (Å²) in [5.74, 6) is 1.46. The van der Waals surface area contributed by atoms with Crippen LogP contribution in [0.2, 0.25) is 0 Å². The summed E-state index contributed by atoms with van der Waals surface area (Å²) in [5, 5.41) is 18.5. The van der Waals surface area contributed by atoms with Gasteiger partial charge in [0.15, 0.2) is 16.6 Å². The third kappa shape index (κ3) is 2.80. The van der Waals surface area contributed by atoms with Crippen molar-refractivity contribution in [1.29, 1.82) is 0 Å². The zero-order valence-electron chi connectivity index (χ0n) is 15.3. The average molecular weight is 388 g/mol. The molecule has 0 aliphatic carbocycles. The van der Waals surface area contributed by atoms with Crippen molar-refractivity contribution in [2.75, 3.05) is 0 Å². The molecule has 0 aliphatic heterocycles. The van der Waals surface area contributed by atoms with E-state index >= 15 is 0 Å². The quantitative estimate of drug-likeness (QED) is 0.344. The van der Waals surface area contributed by atoms with Gasteiger partial charge in [0.25, 0.3) is 0 Å². The second-order valence-corrected chi connectivity index (χ2v) is 7.66. The fraction of sp³-hybridized carbons (Fsp3) is 0.158. The van der Waals surface area contributed by atoms with Gasteiger partial charge >= 0.3 is 0 Å². The number of aryl methyl sites for hydroxylation is 1. The highest BCUT2D eigenvalue weighted by Crippen LogP contribution is 2.34. The molecule has 0 spiro atoms. The number of nitrogens with zero attached hydrogens (tertiary/aromatic N) is 8. The van der Waals surface area contributed by atoms with Gasteiger partial charge in [0, 0.05) is 5.39 Å². The Hall–Kier alpha value is -3.33. The van der Waals surface area contributed by atoms with Gasteiger partial charge in [-0.2, -0.15) is 9.20 Å². The van der Waals surface area contributed by atoms with E-state index in [-0.39, 0.29) is 5.25 Å². The van der Waals surface area contributed by atoms with Crippen LogP contribution in [0.3, 0.4) is 0 Å². The Bertz CT molecular complexity index is 1280.